The molecule has 0 atom stereocenters. The Balaban J connectivity index is 1.31. The molecule has 0 radical (unpaired) electrons. The summed E-state index contributed by atoms with van der Waals surface area (Å²) in [7, 11) is 0. The number of imidazole rings is 1. The van der Waals surface area contributed by atoms with E-state index in [0.717, 1.165) is 29.0 Å². The summed E-state index contributed by atoms with van der Waals surface area (Å²) >= 11 is 5.87. The lowest BCUT2D eigenvalue weighted by atomic mass is 10.2. The molecule has 0 aliphatic rings. The Morgan fingerprint density at radius 2 is 1.68 bits per heavy atom. The molecule has 0 fully saturated rings. The van der Waals surface area contributed by atoms with Gasteiger partial charge in [0.15, 0.2) is 6.61 Å². The topological polar surface area (TPSA) is 65.4 Å². The van der Waals surface area contributed by atoms with Gasteiger partial charge in [0.05, 0.1) is 17.6 Å². The molecule has 1 N–H and O–H groups in total. The highest BCUT2D eigenvalue weighted by atomic mass is 35.5. The maximum Gasteiger partial charge on any atom is 0.257 e. The van der Waals surface area contributed by atoms with E-state index < -0.39 is 0 Å². The number of amides is 1. The molecule has 0 aliphatic heterocycles. The van der Waals surface area contributed by atoms with Gasteiger partial charge >= 0.3 is 0 Å². The van der Waals surface area contributed by atoms with Crippen molar-refractivity contribution in [1.82, 2.24) is 14.9 Å². The molecule has 1 amide bonds. The van der Waals surface area contributed by atoms with Crippen molar-refractivity contribution >= 4 is 28.5 Å². The number of benzene rings is 3. The first-order chi connectivity index (χ1) is 16.6. The lowest BCUT2D eigenvalue weighted by Crippen LogP contribution is -2.31. The number of rotatable bonds is 11. The van der Waals surface area contributed by atoms with Crippen molar-refractivity contribution in [2.45, 2.75) is 26.3 Å². The van der Waals surface area contributed by atoms with Gasteiger partial charge in [-0.05, 0) is 60.5 Å². The van der Waals surface area contributed by atoms with Crippen LogP contribution in [0.5, 0.6) is 11.5 Å². The van der Waals surface area contributed by atoms with Crippen LogP contribution < -0.4 is 14.8 Å². The molecule has 0 saturated heterocycles. The molecule has 1 heterocycles. The van der Waals surface area contributed by atoms with Crippen LogP contribution in [0, 0.1) is 0 Å². The molecule has 0 bridgehead atoms. The van der Waals surface area contributed by atoms with Crippen LogP contribution in [0.2, 0.25) is 5.02 Å². The minimum Gasteiger partial charge on any atom is -0.492 e. The van der Waals surface area contributed by atoms with Crippen LogP contribution in [0.25, 0.3) is 11.0 Å². The van der Waals surface area contributed by atoms with Gasteiger partial charge in [-0.2, -0.15) is 0 Å². The zero-order valence-corrected chi connectivity index (χ0v) is 19.9. The molecule has 4 aromatic rings. The van der Waals surface area contributed by atoms with Crippen molar-refractivity contribution in [3.63, 3.8) is 0 Å². The number of carbonyl (C=O) groups is 1. The van der Waals surface area contributed by atoms with Crippen molar-refractivity contribution in [2.24, 2.45) is 0 Å². The third-order valence-corrected chi connectivity index (χ3v) is 5.76. The quantitative estimate of drug-likeness (QED) is 0.327. The monoisotopic (exact) mass is 477 g/mol. The van der Waals surface area contributed by atoms with E-state index in [-0.39, 0.29) is 12.5 Å². The maximum atomic E-state index is 12.2. The zero-order chi connectivity index (χ0) is 23.8. The second-order valence-corrected chi connectivity index (χ2v) is 8.29. The van der Waals surface area contributed by atoms with E-state index >= 15 is 0 Å². The van der Waals surface area contributed by atoms with Crippen molar-refractivity contribution in [3.05, 3.63) is 89.2 Å². The Morgan fingerprint density at radius 1 is 0.971 bits per heavy atom. The van der Waals surface area contributed by atoms with Gasteiger partial charge in [0.25, 0.3) is 5.91 Å². The standard InChI is InChI=1S/C27H28ClN3O3/c1-2-20-7-11-22(12-8-20)33-18-17-31-25-6-4-3-5-24(25)30-26(31)15-16-29-27(32)19-34-23-13-9-21(28)10-14-23/h3-14H,2,15-19H2,1H3,(H,29,32). The number of fused-ring (bicyclic) bond motifs is 1. The van der Waals surface area contributed by atoms with E-state index in [1.165, 1.54) is 5.56 Å². The first kappa shape index (κ1) is 23.6. The number of para-hydroxylation sites is 2. The Morgan fingerprint density at radius 3 is 2.44 bits per heavy atom. The number of hydrogen-bond donors (Lipinski definition) is 1. The fourth-order valence-electron chi connectivity index (χ4n) is 3.69. The van der Waals surface area contributed by atoms with Crippen molar-refractivity contribution in [3.8, 4) is 11.5 Å². The molecule has 6 nitrogen and oxygen atoms in total. The van der Waals surface area contributed by atoms with E-state index in [9.17, 15) is 4.79 Å². The zero-order valence-electron chi connectivity index (χ0n) is 19.2. The lowest BCUT2D eigenvalue weighted by Gasteiger charge is -2.12. The second-order valence-electron chi connectivity index (χ2n) is 7.86. The number of aromatic nitrogens is 2. The predicted octanol–water partition coefficient (Wildman–Crippen LogP) is 5.07. The van der Waals surface area contributed by atoms with Gasteiger partial charge in [0.1, 0.15) is 23.9 Å². The highest BCUT2D eigenvalue weighted by Gasteiger charge is 2.11. The van der Waals surface area contributed by atoms with E-state index in [2.05, 4.69) is 35.0 Å². The molecular weight excluding hydrogens is 450 g/mol. The van der Waals surface area contributed by atoms with Gasteiger partial charge in [-0.15, -0.1) is 0 Å². The SMILES string of the molecule is CCc1ccc(OCCn2c(CCNC(=O)COc3ccc(Cl)cc3)nc3ccccc32)cc1. The summed E-state index contributed by atoms with van der Waals surface area (Å²) in [5, 5.41) is 3.53. The smallest absolute Gasteiger partial charge is 0.257 e. The van der Waals surface area contributed by atoms with Gasteiger partial charge in [0.2, 0.25) is 0 Å². The predicted molar refractivity (Wildman–Crippen MR) is 135 cm³/mol. The summed E-state index contributed by atoms with van der Waals surface area (Å²) in [4.78, 5) is 17.0. The number of carbonyl (C=O) groups excluding carboxylic acids is 1. The first-order valence-electron chi connectivity index (χ1n) is 11.4. The average molecular weight is 478 g/mol. The largest absolute Gasteiger partial charge is 0.492 e. The Kier molecular flexibility index (Phi) is 8.04. The number of ether oxygens (including phenoxy) is 2. The van der Waals surface area contributed by atoms with Gasteiger partial charge in [0, 0.05) is 18.0 Å². The molecule has 0 saturated carbocycles. The third kappa shape index (κ3) is 6.29. The molecule has 0 spiro atoms. The van der Waals surface area contributed by atoms with Gasteiger partial charge in [-0.1, -0.05) is 42.8 Å². The molecule has 7 heteroatoms. The average Bonchev–Trinajstić information content (AvgIpc) is 3.21. The van der Waals surface area contributed by atoms with Crippen LogP contribution in [0.1, 0.15) is 18.3 Å². The summed E-state index contributed by atoms with van der Waals surface area (Å²) in [5.41, 5.74) is 3.28. The van der Waals surface area contributed by atoms with Crippen LogP contribution in [0.15, 0.2) is 72.8 Å². The van der Waals surface area contributed by atoms with Gasteiger partial charge < -0.3 is 19.4 Å². The van der Waals surface area contributed by atoms with Crippen molar-refractivity contribution < 1.29 is 14.3 Å². The maximum absolute atomic E-state index is 12.2. The summed E-state index contributed by atoms with van der Waals surface area (Å²) in [6.07, 6.45) is 1.61. The Labute approximate surface area is 204 Å². The third-order valence-electron chi connectivity index (χ3n) is 5.50. The Hall–Kier alpha value is -3.51. The molecule has 34 heavy (non-hydrogen) atoms. The number of hydrogen-bond acceptors (Lipinski definition) is 4. The van der Waals surface area contributed by atoms with E-state index in [1.54, 1.807) is 24.3 Å². The molecule has 4 rings (SSSR count). The minimum atomic E-state index is -0.184. The van der Waals surface area contributed by atoms with Gasteiger partial charge in [-0.25, -0.2) is 4.98 Å². The summed E-state index contributed by atoms with van der Waals surface area (Å²) in [6.45, 7) is 3.74. The molecule has 1 aromatic heterocycles. The summed E-state index contributed by atoms with van der Waals surface area (Å²) in [5.74, 6) is 2.18. The fourth-order valence-corrected chi connectivity index (χ4v) is 3.81. The highest BCUT2D eigenvalue weighted by Crippen LogP contribution is 2.18. The van der Waals surface area contributed by atoms with Crippen LogP contribution in [0.3, 0.4) is 0 Å². The fraction of sp³-hybridized carbons (Fsp3) is 0.259. The summed E-state index contributed by atoms with van der Waals surface area (Å²) < 4.78 is 13.6. The first-order valence-corrected chi connectivity index (χ1v) is 11.8. The minimum absolute atomic E-state index is 0.0529. The molecule has 3 aromatic carbocycles. The molecule has 0 aliphatic carbocycles. The normalized spacial score (nSPS) is 10.9. The Bertz CT molecular complexity index is 1220. The van der Waals surface area contributed by atoms with Crippen LogP contribution >= 0.6 is 11.6 Å². The highest BCUT2D eigenvalue weighted by molar-refractivity contribution is 6.30. The number of nitrogens with one attached hydrogen (secondary N) is 1. The van der Waals surface area contributed by atoms with E-state index in [1.807, 2.05) is 30.3 Å². The van der Waals surface area contributed by atoms with E-state index in [4.69, 9.17) is 26.1 Å². The van der Waals surface area contributed by atoms with Crippen LogP contribution in [0.4, 0.5) is 0 Å². The second kappa shape index (κ2) is 11.6. The molecule has 176 valence electrons. The van der Waals surface area contributed by atoms with Crippen LogP contribution in [-0.2, 0) is 24.2 Å². The van der Waals surface area contributed by atoms with Crippen LogP contribution in [-0.4, -0.2) is 35.2 Å². The summed E-state index contributed by atoms with van der Waals surface area (Å²) in [6, 6.07) is 23.2. The number of nitrogens with zero attached hydrogens (tertiary/aromatic N) is 2. The van der Waals surface area contributed by atoms with E-state index in [0.29, 0.717) is 36.9 Å². The molecule has 0 unspecified atom stereocenters. The molecular formula is C27H28ClN3O3. The lowest BCUT2D eigenvalue weighted by molar-refractivity contribution is -0.123. The van der Waals surface area contributed by atoms with Crippen molar-refractivity contribution in [2.75, 3.05) is 19.8 Å². The van der Waals surface area contributed by atoms with Gasteiger partial charge in [-0.3, -0.25) is 4.79 Å². The number of halogens is 1. The van der Waals surface area contributed by atoms with Crippen molar-refractivity contribution in [1.29, 1.82) is 0 Å². The number of aryl methyl sites for hydroxylation is 1.